The predicted octanol–water partition coefficient (Wildman–Crippen LogP) is 1.15. The van der Waals surface area contributed by atoms with Crippen LogP contribution in [0.15, 0.2) is 18.2 Å². The van der Waals surface area contributed by atoms with Crippen molar-refractivity contribution in [3.8, 4) is 0 Å². The number of fused-ring (bicyclic) bond motifs is 1. The van der Waals surface area contributed by atoms with Crippen molar-refractivity contribution < 1.29 is 9.50 Å². The fourth-order valence-electron chi connectivity index (χ4n) is 1.52. The summed E-state index contributed by atoms with van der Waals surface area (Å²) in [5.41, 5.74) is 1.89. The Balaban J connectivity index is 2.30. The van der Waals surface area contributed by atoms with Crippen molar-refractivity contribution in [1.29, 1.82) is 0 Å². The maximum absolute atomic E-state index is 12.7. The van der Waals surface area contributed by atoms with Gasteiger partial charge in [-0.3, -0.25) is 0 Å². The van der Waals surface area contributed by atoms with Crippen molar-refractivity contribution in [1.82, 2.24) is 0 Å². The quantitative estimate of drug-likeness (QED) is 0.657. The van der Waals surface area contributed by atoms with E-state index in [2.05, 4.69) is 5.32 Å². The second kappa shape index (κ2) is 2.75. The molecule has 1 aromatic carbocycles. The second-order valence-electron chi connectivity index (χ2n) is 3.03. The Kier molecular flexibility index (Phi) is 1.73. The van der Waals surface area contributed by atoms with Crippen LogP contribution in [0.3, 0.4) is 0 Å². The number of hydrogen-bond donors (Lipinski definition) is 2. The summed E-state index contributed by atoms with van der Waals surface area (Å²) in [6, 6.07) is 4.70. The highest BCUT2D eigenvalue weighted by Gasteiger charge is 2.19. The van der Waals surface area contributed by atoms with E-state index in [4.69, 9.17) is 5.11 Å². The van der Waals surface area contributed by atoms with Gasteiger partial charge in [-0.1, -0.05) is 0 Å². The van der Waals surface area contributed by atoms with Crippen LogP contribution in [0.5, 0.6) is 0 Å². The van der Waals surface area contributed by atoms with Crippen LogP contribution in [0.2, 0.25) is 0 Å². The third-order valence-electron chi connectivity index (χ3n) is 2.11. The van der Waals surface area contributed by atoms with Gasteiger partial charge >= 0.3 is 0 Å². The van der Waals surface area contributed by atoms with Crippen LogP contribution in [0, 0.1) is 5.82 Å². The second-order valence-corrected chi connectivity index (χ2v) is 3.03. The van der Waals surface area contributed by atoms with E-state index in [9.17, 15) is 4.39 Å². The average Bonchev–Trinajstić information content (AvgIpc) is 2.46. The van der Waals surface area contributed by atoms with E-state index in [-0.39, 0.29) is 18.5 Å². The van der Waals surface area contributed by atoms with Gasteiger partial charge in [-0.05, 0) is 30.2 Å². The van der Waals surface area contributed by atoms with Crippen LogP contribution in [0.25, 0.3) is 0 Å². The summed E-state index contributed by atoms with van der Waals surface area (Å²) in [6.07, 6.45) is 0.712. The molecule has 2 N–H and O–H groups in total. The molecule has 12 heavy (non-hydrogen) atoms. The van der Waals surface area contributed by atoms with Crippen LogP contribution in [-0.4, -0.2) is 17.8 Å². The first-order chi connectivity index (χ1) is 5.79. The predicted molar refractivity (Wildman–Crippen MR) is 44.6 cm³/mol. The number of hydrogen-bond acceptors (Lipinski definition) is 2. The molecule has 0 saturated carbocycles. The SMILES string of the molecule is OCC1Cc2cc(F)ccc2N1. The smallest absolute Gasteiger partial charge is 0.123 e. The van der Waals surface area contributed by atoms with Gasteiger partial charge in [0.15, 0.2) is 0 Å². The number of nitrogens with one attached hydrogen (secondary N) is 1. The van der Waals surface area contributed by atoms with Crippen molar-refractivity contribution in [2.45, 2.75) is 12.5 Å². The molecule has 1 heterocycles. The van der Waals surface area contributed by atoms with Crippen LogP contribution in [0.4, 0.5) is 10.1 Å². The molecule has 3 heteroatoms. The highest BCUT2D eigenvalue weighted by Crippen LogP contribution is 2.25. The zero-order chi connectivity index (χ0) is 8.55. The summed E-state index contributed by atoms with van der Waals surface area (Å²) >= 11 is 0. The summed E-state index contributed by atoms with van der Waals surface area (Å²) < 4.78 is 12.7. The first-order valence-corrected chi connectivity index (χ1v) is 3.95. The van der Waals surface area contributed by atoms with Crippen LogP contribution >= 0.6 is 0 Å². The molecule has 0 saturated heterocycles. The number of halogens is 1. The lowest BCUT2D eigenvalue weighted by atomic mass is 10.1. The number of anilines is 1. The lowest BCUT2D eigenvalue weighted by Gasteiger charge is -2.04. The molecule has 64 valence electrons. The maximum atomic E-state index is 12.7. The van der Waals surface area contributed by atoms with Crippen molar-refractivity contribution in [2.24, 2.45) is 0 Å². The average molecular weight is 167 g/mol. The van der Waals surface area contributed by atoms with E-state index < -0.39 is 0 Å². The summed E-state index contributed by atoms with van der Waals surface area (Å²) in [5, 5.41) is 11.9. The fraction of sp³-hybridized carbons (Fsp3) is 0.333. The number of aliphatic hydroxyl groups is 1. The lowest BCUT2D eigenvalue weighted by molar-refractivity contribution is 0.277. The minimum absolute atomic E-state index is 0.0572. The molecular weight excluding hydrogens is 157 g/mol. The van der Waals surface area contributed by atoms with E-state index in [1.54, 1.807) is 6.07 Å². The Morgan fingerprint density at radius 1 is 1.58 bits per heavy atom. The number of aliphatic hydroxyl groups excluding tert-OH is 1. The van der Waals surface area contributed by atoms with Crippen LogP contribution < -0.4 is 5.32 Å². The summed E-state index contributed by atoms with van der Waals surface area (Å²) in [7, 11) is 0. The van der Waals surface area contributed by atoms with Crippen molar-refractivity contribution >= 4 is 5.69 Å². The van der Waals surface area contributed by atoms with E-state index in [1.165, 1.54) is 12.1 Å². The van der Waals surface area contributed by atoms with Gasteiger partial charge in [0.1, 0.15) is 5.82 Å². The molecule has 1 aromatic rings. The molecule has 0 fully saturated rings. The first kappa shape index (κ1) is 7.55. The number of rotatable bonds is 1. The van der Waals surface area contributed by atoms with Crippen molar-refractivity contribution in [3.63, 3.8) is 0 Å². The molecule has 1 unspecified atom stereocenters. The zero-order valence-corrected chi connectivity index (χ0v) is 6.55. The lowest BCUT2D eigenvalue weighted by Crippen LogP contribution is -2.19. The Morgan fingerprint density at radius 2 is 2.42 bits per heavy atom. The van der Waals surface area contributed by atoms with E-state index in [1.807, 2.05) is 0 Å². The summed E-state index contributed by atoms with van der Waals surface area (Å²) in [6.45, 7) is 0.0936. The third kappa shape index (κ3) is 1.16. The third-order valence-corrected chi connectivity index (χ3v) is 2.11. The highest BCUT2D eigenvalue weighted by molar-refractivity contribution is 5.56. The van der Waals surface area contributed by atoms with Gasteiger partial charge in [-0.2, -0.15) is 0 Å². The molecule has 0 aliphatic carbocycles. The Hall–Kier alpha value is -1.09. The molecule has 1 atom stereocenters. The van der Waals surface area contributed by atoms with Gasteiger partial charge in [-0.15, -0.1) is 0 Å². The molecule has 0 amide bonds. The van der Waals surface area contributed by atoms with Gasteiger partial charge in [-0.25, -0.2) is 4.39 Å². The first-order valence-electron chi connectivity index (χ1n) is 3.95. The van der Waals surface area contributed by atoms with Crippen LogP contribution in [0.1, 0.15) is 5.56 Å². The molecule has 1 aliphatic rings. The van der Waals surface area contributed by atoms with Gasteiger partial charge in [0.25, 0.3) is 0 Å². The Labute approximate surface area is 70.0 Å². The molecule has 0 radical (unpaired) electrons. The molecular formula is C9H10FNO. The normalized spacial score (nSPS) is 20.3. The Morgan fingerprint density at radius 3 is 3.17 bits per heavy atom. The topological polar surface area (TPSA) is 32.3 Å². The van der Waals surface area contributed by atoms with Gasteiger partial charge in [0.2, 0.25) is 0 Å². The van der Waals surface area contributed by atoms with E-state index in [0.29, 0.717) is 6.42 Å². The molecule has 2 nitrogen and oxygen atoms in total. The highest BCUT2D eigenvalue weighted by atomic mass is 19.1. The molecule has 0 spiro atoms. The van der Waals surface area contributed by atoms with Crippen LogP contribution in [-0.2, 0) is 6.42 Å². The Bertz CT molecular complexity index is 301. The van der Waals surface area contributed by atoms with Gasteiger partial charge in [0.05, 0.1) is 12.6 Å². The van der Waals surface area contributed by atoms with Crippen molar-refractivity contribution in [3.05, 3.63) is 29.6 Å². The number of benzene rings is 1. The molecule has 1 aliphatic heterocycles. The molecule has 0 aromatic heterocycles. The minimum atomic E-state index is -0.214. The molecule has 0 bridgehead atoms. The largest absolute Gasteiger partial charge is 0.394 e. The zero-order valence-electron chi connectivity index (χ0n) is 6.55. The molecule has 2 rings (SSSR count). The summed E-state index contributed by atoms with van der Waals surface area (Å²) in [4.78, 5) is 0. The fourth-order valence-corrected chi connectivity index (χ4v) is 1.52. The van der Waals surface area contributed by atoms with Gasteiger partial charge in [0, 0.05) is 5.69 Å². The van der Waals surface area contributed by atoms with E-state index >= 15 is 0 Å². The summed E-state index contributed by atoms with van der Waals surface area (Å²) in [5.74, 6) is -0.214. The minimum Gasteiger partial charge on any atom is -0.394 e. The van der Waals surface area contributed by atoms with E-state index in [0.717, 1.165) is 11.3 Å². The standard InChI is InChI=1S/C9H10FNO/c10-7-1-2-9-6(3-7)4-8(5-12)11-9/h1-3,8,11-12H,4-5H2. The maximum Gasteiger partial charge on any atom is 0.123 e. The van der Waals surface area contributed by atoms with Crippen molar-refractivity contribution in [2.75, 3.05) is 11.9 Å². The monoisotopic (exact) mass is 167 g/mol. The van der Waals surface area contributed by atoms with Gasteiger partial charge < -0.3 is 10.4 Å².